The second-order valence-corrected chi connectivity index (χ2v) is 5.98. The molecule has 2 N–H and O–H groups in total. The van der Waals surface area contributed by atoms with E-state index in [0.29, 0.717) is 24.3 Å². The van der Waals surface area contributed by atoms with Gasteiger partial charge in [0.05, 0.1) is 12.7 Å². The molecule has 20 heavy (non-hydrogen) atoms. The van der Waals surface area contributed by atoms with Gasteiger partial charge in [0.15, 0.2) is 0 Å². The molecule has 0 aliphatic heterocycles. The molecule has 0 heterocycles. The molecular weight excluding hydrogens is 254 g/mol. The molecule has 0 aromatic heterocycles. The lowest BCUT2D eigenvalue weighted by atomic mass is 9.64. The van der Waals surface area contributed by atoms with Gasteiger partial charge in [0.1, 0.15) is 5.75 Å². The van der Waals surface area contributed by atoms with Crippen molar-refractivity contribution in [3.63, 3.8) is 0 Å². The van der Waals surface area contributed by atoms with Crippen molar-refractivity contribution in [3.8, 4) is 5.75 Å². The van der Waals surface area contributed by atoms with Gasteiger partial charge in [-0.2, -0.15) is 0 Å². The van der Waals surface area contributed by atoms with Crippen molar-refractivity contribution in [2.45, 2.75) is 45.8 Å². The van der Waals surface area contributed by atoms with Crippen molar-refractivity contribution in [1.82, 2.24) is 5.32 Å². The molecule has 1 aromatic carbocycles. The van der Waals surface area contributed by atoms with Gasteiger partial charge in [-0.25, -0.2) is 0 Å². The molecule has 2 unspecified atom stereocenters. The van der Waals surface area contributed by atoms with E-state index in [0.717, 1.165) is 6.42 Å². The molecule has 1 aliphatic rings. The van der Waals surface area contributed by atoms with E-state index in [-0.39, 0.29) is 23.5 Å². The molecule has 2 rings (SSSR count). The van der Waals surface area contributed by atoms with Gasteiger partial charge in [-0.05, 0) is 31.0 Å². The fourth-order valence-corrected chi connectivity index (χ4v) is 2.34. The number of amides is 1. The van der Waals surface area contributed by atoms with E-state index in [1.54, 1.807) is 12.1 Å². The Bertz CT molecular complexity index is 484. The molecule has 110 valence electrons. The minimum Gasteiger partial charge on any atom is -0.494 e. The van der Waals surface area contributed by atoms with Crippen LogP contribution in [-0.4, -0.2) is 29.8 Å². The third kappa shape index (κ3) is 2.96. The number of carbonyl (C=O) groups is 1. The summed E-state index contributed by atoms with van der Waals surface area (Å²) < 4.78 is 5.53. The number of benzene rings is 1. The van der Waals surface area contributed by atoms with E-state index >= 15 is 0 Å². The molecule has 2 atom stereocenters. The molecule has 1 aliphatic carbocycles. The summed E-state index contributed by atoms with van der Waals surface area (Å²) in [6.07, 6.45) is 1.21. The SMILES string of the molecule is CCCOc1cccc(C(=O)NC2CC(O)C2(C)C)c1. The van der Waals surface area contributed by atoms with Crippen molar-refractivity contribution in [2.75, 3.05) is 6.61 Å². The lowest BCUT2D eigenvalue weighted by Crippen LogP contribution is -2.61. The lowest BCUT2D eigenvalue weighted by Gasteiger charge is -2.49. The summed E-state index contributed by atoms with van der Waals surface area (Å²) in [4.78, 5) is 12.2. The number of nitrogens with one attached hydrogen (secondary N) is 1. The fourth-order valence-electron chi connectivity index (χ4n) is 2.34. The van der Waals surface area contributed by atoms with Crippen molar-refractivity contribution < 1.29 is 14.6 Å². The van der Waals surface area contributed by atoms with Crippen LogP contribution in [-0.2, 0) is 0 Å². The minimum absolute atomic E-state index is 0.0187. The number of aliphatic hydroxyl groups excluding tert-OH is 1. The van der Waals surface area contributed by atoms with E-state index in [1.807, 2.05) is 32.9 Å². The maximum Gasteiger partial charge on any atom is 0.251 e. The van der Waals surface area contributed by atoms with Gasteiger partial charge in [-0.1, -0.05) is 26.8 Å². The third-order valence-corrected chi connectivity index (χ3v) is 4.09. The van der Waals surface area contributed by atoms with Crippen LogP contribution in [0.1, 0.15) is 44.0 Å². The Kier molecular flexibility index (Phi) is 4.33. The summed E-state index contributed by atoms with van der Waals surface area (Å²) >= 11 is 0. The predicted molar refractivity (Wildman–Crippen MR) is 77.9 cm³/mol. The Morgan fingerprint density at radius 2 is 2.25 bits per heavy atom. The first-order valence-electron chi connectivity index (χ1n) is 7.17. The van der Waals surface area contributed by atoms with E-state index in [2.05, 4.69) is 5.32 Å². The van der Waals surface area contributed by atoms with Gasteiger partial charge in [-0.3, -0.25) is 4.79 Å². The third-order valence-electron chi connectivity index (χ3n) is 4.09. The van der Waals surface area contributed by atoms with Crippen molar-refractivity contribution in [1.29, 1.82) is 0 Å². The van der Waals surface area contributed by atoms with Gasteiger partial charge >= 0.3 is 0 Å². The fraction of sp³-hybridized carbons (Fsp3) is 0.562. The Morgan fingerprint density at radius 3 is 2.85 bits per heavy atom. The smallest absolute Gasteiger partial charge is 0.251 e. The zero-order valence-electron chi connectivity index (χ0n) is 12.3. The molecular formula is C16H23NO3. The van der Waals surface area contributed by atoms with Crippen LogP contribution in [0.3, 0.4) is 0 Å². The van der Waals surface area contributed by atoms with E-state index < -0.39 is 0 Å². The maximum atomic E-state index is 12.2. The molecule has 0 spiro atoms. The monoisotopic (exact) mass is 277 g/mol. The van der Waals surface area contributed by atoms with Gasteiger partial charge in [-0.15, -0.1) is 0 Å². The Morgan fingerprint density at radius 1 is 1.50 bits per heavy atom. The zero-order chi connectivity index (χ0) is 14.8. The van der Waals surface area contributed by atoms with Gasteiger partial charge in [0.25, 0.3) is 5.91 Å². The molecule has 1 saturated carbocycles. The van der Waals surface area contributed by atoms with Crippen molar-refractivity contribution in [3.05, 3.63) is 29.8 Å². The number of aliphatic hydroxyl groups is 1. The van der Waals surface area contributed by atoms with Crippen LogP contribution in [0.15, 0.2) is 24.3 Å². The highest BCUT2D eigenvalue weighted by molar-refractivity contribution is 5.94. The molecule has 4 heteroatoms. The highest BCUT2D eigenvalue weighted by Gasteiger charge is 2.47. The Balaban J connectivity index is 1.99. The molecule has 4 nitrogen and oxygen atoms in total. The van der Waals surface area contributed by atoms with Gasteiger partial charge < -0.3 is 15.2 Å². The number of hydrogen-bond acceptors (Lipinski definition) is 3. The summed E-state index contributed by atoms with van der Waals surface area (Å²) in [5.74, 6) is 0.601. The van der Waals surface area contributed by atoms with E-state index in [9.17, 15) is 9.90 Å². The first-order valence-corrected chi connectivity index (χ1v) is 7.17. The minimum atomic E-state index is -0.341. The molecule has 1 amide bonds. The first-order chi connectivity index (χ1) is 9.45. The van der Waals surface area contributed by atoms with Crippen LogP contribution in [0, 0.1) is 5.41 Å². The van der Waals surface area contributed by atoms with Crippen LogP contribution in [0.5, 0.6) is 5.75 Å². The number of hydrogen-bond donors (Lipinski definition) is 2. The number of rotatable bonds is 5. The number of ether oxygens (including phenoxy) is 1. The average molecular weight is 277 g/mol. The summed E-state index contributed by atoms with van der Waals surface area (Å²) in [6, 6.07) is 7.22. The maximum absolute atomic E-state index is 12.2. The molecule has 0 bridgehead atoms. The molecule has 0 saturated heterocycles. The molecule has 1 aromatic rings. The zero-order valence-corrected chi connectivity index (χ0v) is 12.3. The summed E-state index contributed by atoms with van der Waals surface area (Å²) in [5, 5.41) is 12.7. The lowest BCUT2D eigenvalue weighted by molar-refractivity contribution is -0.0689. The number of carbonyl (C=O) groups excluding carboxylic acids is 1. The first kappa shape index (κ1) is 14.9. The highest BCUT2D eigenvalue weighted by atomic mass is 16.5. The van der Waals surface area contributed by atoms with Crippen LogP contribution in [0.4, 0.5) is 0 Å². The Labute approximate surface area is 120 Å². The topological polar surface area (TPSA) is 58.6 Å². The molecule has 1 fully saturated rings. The average Bonchev–Trinajstić information content (AvgIpc) is 2.45. The van der Waals surface area contributed by atoms with Crippen LogP contribution in [0.2, 0.25) is 0 Å². The van der Waals surface area contributed by atoms with E-state index in [1.165, 1.54) is 0 Å². The predicted octanol–water partition coefficient (Wildman–Crippen LogP) is 2.36. The quantitative estimate of drug-likeness (QED) is 0.868. The van der Waals surface area contributed by atoms with Gasteiger partial charge in [0.2, 0.25) is 0 Å². The highest BCUT2D eigenvalue weighted by Crippen LogP contribution is 2.40. The van der Waals surface area contributed by atoms with Crippen LogP contribution in [0.25, 0.3) is 0 Å². The van der Waals surface area contributed by atoms with Crippen LogP contribution >= 0.6 is 0 Å². The molecule has 0 radical (unpaired) electrons. The van der Waals surface area contributed by atoms with Crippen LogP contribution < -0.4 is 10.1 Å². The summed E-state index contributed by atoms with van der Waals surface area (Å²) in [7, 11) is 0. The second kappa shape index (κ2) is 5.83. The Hall–Kier alpha value is -1.55. The van der Waals surface area contributed by atoms with Crippen molar-refractivity contribution >= 4 is 5.91 Å². The van der Waals surface area contributed by atoms with Gasteiger partial charge in [0, 0.05) is 17.0 Å². The normalized spacial score (nSPS) is 23.8. The van der Waals surface area contributed by atoms with E-state index in [4.69, 9.17) is 4.74 Å². The largest absolute Gasteiger partial charge is 0.494 e. The summed E-state index contributed by atoms with van der Waals surface area (Å²) in [6.45, 7) is 6.62. The second-order valence-electron chi connectivity index (χ2n) is 5.98. The van der Waals surface area contributed by atoms with Crippen molar-refractivity contribution in [2.24, 2.45) is 5.41 Å². The standard InChI is InChI=1S/C16H23NO3/c1-4-8-20-12-7-5-6-11(9-12)15(19)17-13-10-14(18)16(13,2)3/h5-7,9,13-14,18H,4,8,10H2,1-3H3,(H,17,19). The summed E-state index contributed by atoms with van der Waals surface area (Å²) in [5.41, 5.74) is 0.335.